The van der Waals surface area contributed by atoms with E-state index < -0.39 is 5.97 Å². The number of hydrogen-bond donors (Lipinski definition) is 1. The number of pyridine rings is 1. The van der Waals surface area contributed by atoms with Crippen LogP contribution in [0, 0.1) is 13.8 Å². The van der Waals surface area contributed by atoms with Crippen LogP contribution in [-0.2, 0) is 4.74 Å². The van der Waals surface area contributed by atoms with E-state index in [2.05, 4.69) is 26.2 Å². The molecule has 0 aliphatic rings. The molecule has 0 fully saturated rings. The van der Waals surface area contributed by atoms with Gasteiger partial charge in [0.25, 0.3) is 5.91 Å². The van der Waals surface area contributed by atoms with Crippen LogP contribution in [-0.4, -0.2) is 23.5 Å². The lowest BCUT2D eigenvalue weighted by molar-refractivity contribution is 0.0527. The van der Waals surface area contributed by atoms with Crippen LogP contribution in [0.1, 0.15) is 38.1 Å². The van der Waals surface area contributed by atoms with Gasteiger partial charge in [-0.25, -0.2) is 4.79 Å². The summed E-state index contributed by atoms with van der Waals surface area (Å²) in [5.41, 5.74) is 1.65. The largest absolute Gasteiger partial charge is 0.462 e. The van der Waals surface area contributed by atoms with Crippen molar-refractivity contribution in [3.8, 4) is 0 Å². The summed E-state index contributed by atoms with van der Waals surface area (Å²) in [5.74, 6) is -0.743. The molecule has 0 aliphatic heterocycles. The molecule has 0 radical (unpaired) electrons. The Labute approximate surface area is 140 Å². The van der Waals surface area contributed by atoms with E-state index in [1.165, 1.54) is 17.5 Å². The van der Waals surface area contributed by atoms with Gasteiger partial charge in [-0.05, 0) is 48.3 Å². The summed E-state index contributed by atoms with van der Waals surface area (Å²) in [6, 6.07) is 1.67. The fourth-order valence-corrected chi connectivity index (χ4v) is 3.28. The second kappa shape index (κ2) is 7.02. The summed E-state index contributed by atoms with van der Waals surface area (Å²) in [6.07, 6.45) is 3.07. The Balaban J connectivity index is 2.31. The van der Waals surface area contributed by atoms with Crippen molar-refractivity contribution >= 4 is 44.1 Å². The van der Waals surface area contributed by atoms with Crippen molar-refractivity contribution < 1.29 is 14.3 Å². The van der Waals surface area contributed by atoms with E-state index in [9.17, 15) is 9.59 Å². The molecule has 0 spiro atoms. The van der Waals surface area contributed by atoms with E-state index >= 15 is 0 Å². The van der Waals surface area contributed by atoms with Gasteiger partial charge in [0.2, 0.25) is 0 Å². The van der Waals surface area contributed by atoms with Gasteiger partial charge in [0.15, 0.2) is 0 Å². The molecule has 22 heavy (non-hydrogen) atoms. The number of rotatable bonds is 4. The highest BCUT2D eigenvalue weighted by Crippen LogP contribution is 2.33. The molecular weight excluding hydrogens is 368 g/mol. The SMILES string of the molecule is CCOC(=O)c1c(NC(=O)c2cncc(Br)c2)sc(C)c1C. The fourth-order valence-electron chi connectivity index (χ4n) is 1.88. The van der Waals surface area contributed by atoms with Crippen molar-refractivity contribution in [1.82, 2.24) is 4.98 Å². The Morgan fingerprint density at radius 3 is 2.73 bits per heavy atom. The van der Waals surface area contributed by atoms with Crippen LogP contribution in [0.25, 0.3) is 0 Å². The minimum Gasteiger partial charge on any atom is -0.462 e. The number of nitrogens with one attached hydrogen (secondary N) is 1. The van der Waals surface area contributed by atoms with Gasteiger partial charge in [-0.15, -0.1) is 11.3 Å². The number of anilines is 1. The number of thiophene rings is 1. The molecule has 0 aliphatic carbocycles. The Hall–Kier alpha value is -1.73. The number of halogens is 1. The predicted octanol–water partition coefficient (Wildman–Crippen LogP) is 3.95. The van der Waals surface area contributed by atoms with Gasteiger partial charge in [-0.2, -0.15) is 0 Å². The van der Waals surface area contributed by atoms with Crippen LogP contribution in [0.4, 0.5) is 5.00 Å². The van der Waals surface area contributed by atoms with Gasteiger partial charge in [0.1, 0.15) is 5.00 Å². The molecule has 0 atom stereocenters. The van der Waals surface area contributed by atoms with Crippen LogP contribution in [0.3, 0.4) is 0 Å². The number of ether oxygens (including phenoxy) is 1. The third-order valence-corrected chi connectivity index (χ3v) is 4.62. The highest BCUT2D eigenvalue weighted by Gasteiger charge is 2.22. The summed E-state index contributed by atoms with van der Waals surface area (Å²) in [5, 5.41) is 3.27. The van der Waals surface area contributed by atoms with Crippen molar-refractivity contribution in [3.05, 3.63) is 44.5 Å². The molecular formula is C15H15BrN2O3S. The van der Waals surface area contributed by atoms with Crippen LogP contribution in [0.5, 0.6) is 0 Å². The summed E-state index contributed by atoms with van der Waals surface area (Å²) >= 11 is 4.63. The molecule has 2 rings (SSSR count). The van der Waals surface area contributed by atoms with Gasteiger partial charge in [0.05, 0.1) is 17.7 Å². The number of amides is 1. The molecule has 2 aromatic rings. The molecule has 0 unspecified atom stereocenters. The van der Waals surface area contributed by atoms with Gasteiger partial charge in [-0.1, -0.05) is 0 Å². The summed E-state index contributed by atoms with van der Waals surface area (Å²) < 4.78 is 5.78. The number of hydrogen-bond acceptors (Lipinski definition) is 5. The van der Waals surface area contributed by atoms with E-state index in [0.29, 0.717) is 20.6 Å². The first-order valence-electron chi connectivity index (χ1n) is 6.63. The number of nitrogens with zero attached hydrogens (tertiary/aromatic N) is 1. The lowest BCUT2D eigenvalue weighted by atomic mass is 10.1. The zero-order valence-corrected chi connectivity index (χ0v) is 14.8. The zero-order chi connectivity index (χ0) is 16.3. The smallest absolute Gasteiger partial charge is 0.341 e. The molecule has 7 heteroatoms. The third-order valence-electron chi connectivity index (χ3n) is 3.06. The minimum atomic E-state index is -0.424. The van der Waals surface area contributed by atoms with Crippen LogP contribution in [0.2, 0.25) is 0 Å². The average molecular weight is 383 g/mol. The van der Waals surface area contributed by atoms with Crippen molar-refractivity contribution in [2.75, 3.05) is 11.9 Å². The zero-order valence-electron chi connectivity index (χ0n) is 12.4. The minimum absolute atomic E-state index is 0.288. The molecule has 5 nitrogen and oxygen atoms in total. The number of aromatic nitrogens is 1. The van der Waals surface area contributed by atoms with E-state index in [0.717, 1.165) is 10.4 Å². The maximum atomic E-state index is 12.3. The molecule has 2 heterocycles. The van der Waals surface area contributed by atoms with E-state index in [1.807, 2.05) is 13.8 Å². The molecule has 0 saturated carbocycles. The van der Waals surface area contributed by atoms with Gasteiger partial charge < -0.3 is 10.1 Å². The standard InChI is InChI=1S/C15H15BrN2O3S/c1-4-21-15(20)12-8(2)9(3)22-14(12)18-13(19)10-5-11(16)7-17-6-10/h5-7H,4H2,1-3H3,(H,18,19). The van der Waals surface area contributed by atoms with Crippen molar-refractivity contribution in [2.24, 2.45) is 0 Å². The highest BCUT2D eigenvalue weighted by molar-refractivity contribution is 9.10. The maximum absolute atomic E-state index is 12.3. The van der Waals surface area contributed by atoms with Gasteiger partial charge in [0, 0.05) is 21.7 Å². The first kappa shape index (κ1) is 16.6. The summed E-state index contributed by atoms with van der Waals surface area (Å²) in [6.45, 7) is 5.78. The average Bonchev–Trinajstić information content (AvgIpc) is 2.74. The summed E-state index contributed by atoms with van der Waals surface area (Å²) in [4.78, 5) is 29.3. The quantitative estimate of drug-likeness (QED) is 0.812. The lowest BCUT2D eigenvalue weighted by Gasteiger charge is -2.07. The van der Waals surface area contributed by atoms with E-state index in [4.69, 9.17) is 4.74 Å². The van der Waals surface area contributed by atoms with E-state index in [-0.39, 0.29) is 12.5 Å². The Morgan fingerprint density at radius 1 is 1.36 bits per heavy atom. The molecule has 2 aromatic heterocycles. The Bertz CT molecular complexity index is 728. The third kappa shape index (κ3) is 3.53. The number of esters is 1. The monoisotopic (exact) mass is 382 g/mol. The molecule has 0 saturated heterocycles. The molecule has 1 amide bonds. The normalized spacial score (nSPS) is 10.4. The van der Waals surface area contributed by atoms with Crippen molar-refractivity contribution in [3.63, 3.8) is 0 Å². The number of aryl methyl sites for hydroxylation is 1. The number of carbonyl (C=O) groups is 2. The van der Waals surface area contributed by atoms with Crippen molar-refractivity contribution in [1.29, 1.82) is 0 Å². The van der Waals surface area contributed by atoms with E-state index in [1.54, 1.807) is 19.2 Å². The Morgan fingerprint density at radius 2 is 2.09 bits per heavy atom. The molecule has 116 valence electrons. The number of carbonyl (C=O) groups excluding carboxylic acids is 2. The van der Waals surface area contributed by atoms with Gasteiger partial charge in [-0.3, -0.25) is 9.78 Å². The topological polar surface area (TPSA) is 68.3 Å². The van der Waals surface area contributed by atoms with Crippen LogP contribution in [0.15, 0.2) is 22.9 Å². The molecule has 1 N–H and O–H groups in total. The van der Waals surface area contributed by atoms with Crippen LogP contribution >= 0.6 is 27.3 Å². The van der Waals surface area contributed by atoms with Gasteiger partial charge >= 0.3 is 5.97 Å². The second-order valence-electron chi connectivity index (χ2n) is 4.55. The lowest BCUT2D eigenvalue weighted by Crippen LogP contribution is -2.15. The molecule has 0 aromatic carbocycles. The van der Waals surface area contributed by atoms with Crippen molar-refractivity contribution in [2.45, 2.75) is 20.8 Å². The first-order valence-corrected chi connectivity index (χ1v) is 8.24. The highest BCUT2D eigenvalue weighted by atomic mass is 79.9. The fraction of sp³-hybridized carbons (Fsp3) is 0.267. The first-order chi connectivity index (χ1) is 10.4. The van der Waals surface area contributed by atoms with Crippen LogP contribution < -0.4 is 5.32 Å². The maximum Gasteiger partial charge on any atom is 0.341 e. The Kier molecular flexibility index (Phi) is 5.31. The predicted molar refractivity (Wildman–Crippen MR) is 89.6 cm³/mol. The molecule has 0 bridgehead atoms. The summed E-state index contributed by atoms with van der Waals surface area (Å²) in [7, 11) is 0. The second-order valence-corrected chi connectivity index (χ2v) is 6.69.